The summed E-state index contributed by atoms with van der Waals surface area (Å²) in [7, 11) is 1.64. The van der Waals surface area contributed by atoms with Crippen LogP contribution in [0, 0.1) is 0 Å². The van der Waals surface area contributed by atoms with Crippen LogP contribution in [0.15, 0.2) is 0 Å². The van der Waals surface area contributed by atoms with Gasteiger partial charge in [-0.05, 0) is 27.2 Å². The molecule has 1 saturated heterocycles. The minimum absolute atomic E-state index is 0.0341. The Morgan fingerprint density at radius 3 is 2.53 bits per heavy atom. The fourth-order valence-corrected chi connectivity index (χ4v) is 1.83. The molecule has 0 aromatic rings. The van der Waals surface area contributed by atoms with Gasteiger partial charge < -0.3 is 14.4 Å². The summed E-state index contributed by atoms with van der Waals surface area (Å²) in [4.78, 5) is 27.0. The number of carbonyl (C=O) groups is 2. The van der Waals surface area contributed by atoms with Crippen molar-refractivity contribution < 1.29 is 19.1 Å². The molecule has 0 N–H and O–H groups in total. The highest BCUT2D eigenvalue weighted by atomic mass is 16.6. The van der Waals surface area contributed by atoms with Gasteiger partial charge >= 0.3 is 6.09 Å². The monoisotopic (exact) mass is 272 g/mol. The highest BCUT2D eigenvalue weighted by Gasteiger charge is 2.29. The van der Waals surface area contributed by atoms with E-state index in [0.29, 0.717) is 26.2 Å². The minimum atomic E-state index is -0.532. The number of piperazine rings is 1. The van der Waals surface area contributed by atoms with Crippen LogP contribution in [-0.2, 0) is 14.3 Å². The summed E-state index contributed by atoms with van der Waals surface area (Å²) in [5.74, 6) is -0.0341. The Balaban J connectivity index is 2.40. The molecule has 0 bridgehead atoms. The number of carbonyl (C=O) groups excluding carboxylic acids is 2. The fourth-order valence-electron chi connectivity index (χ4n) is 1.83. The topological polar surface area (TPSA) is 59.1 Å². The van der Waals surface area contributed by atoms with E-state index >= 15 is 0 Å². The molecule has 0 atom stereocenters. The van der Waals surface area contributed by atoms with Crippen molar-refractivity contribution in [3.8, 4) is 0 Å². The Hall–Kier alpha value is -1.30. The van der Waals surface area contributed by atoms with Gasteiger partial charge in [-0.2, -0.15) is 0 Å². The zero-order valence-electron chi connectivity index (χ0n) is 12.3. The number of methoxy groups -OCH3 is 1. The van der Waals surface area contributed by atoms with Gasteiger partial charge in [0, 0.05) is 33.4 Å². The molecule has 1 aliphatic heterocycles. The van der Waals surface area contributed by atoms with Crippen LogP contribution >= 0.6 is 0 Å². The maximum Gasteiger partial charge on any atom is 0.410 e. The molecular weight excluding hydrogens is 248 g/mol. The van der Waals surface area contributed by atoms with E-state index in [1.165, 1.54) is 4.90 Å². The van der Waals surface area contributed by atoms with E-state index in [2.05, 4.69) is 0 Å². The molecule has 0 aliphatic carbocycles. The number of rotatable bonds is 4. The van der Waals surface area contributed by atoms with Crippen LogP contribution < -0.4 is 0 Å². The molecule has 0 spiro atoms. The second-order valence-electron chi connectivity index (χ2n) is 5.63. The lowest BCUT2D eigenvalue weighted by Crippen LogP contribution is -2.53. The van der Waals surface area contributed by atoms with E-state index in [1.54, 1.807) is 12.0 Å². The third kappa shape index (κ3) is 5.46. The molecule has 2 amide bonds. The largest absolute Gasteiger partial charge is 0.444 e. The molecule has 1 aliphatic rings. The number of hydrogen-bond acceptors (Lipinski definition) is 4. The Bertz CT molecular complexity index is 325. The summed E-state index contributed by atoms with van der Waals surface area (Å²) in [6, 6.07) is 0. The van der Waals surface area contributed by atoms with Crippen LogP contribution in [0.1, 0.15) is 27.2 Å². The van der Waals surface area contributed by atoms with Crippen molar-refractivity contribution in [2.24, 2.45) is 0 Å². The van der Waals surface area contributed by atoms with Crippen molar-refractivity contribution in [3.63, 3.8) is 0 Å². The predicted molar refractivity (Wildman–Crippen MR) is 70.9 cm³/mol. The highest BCUT2D eigenvalue weighted by molar-refractivity contribution is 5.83. The first-order valence-electron chi connectivity index (χ1n) is 6.58. The Kier molecular flexibility index (Phi) is 5.60. The number of nitrogens with zero attached hydrogens (tertiary/aromatic N) is 2. The highest BCUT2D eigenvalue weighted by Crippen LogP contribution is 2.12. The van der Waals surface area contributed by atoms with E-state index in [0.717, 1.165) is 6.42 Å². The van der Waals surface area contributed by atoms with Gasteiger partial charge in [0.2, 0.25) is 5.91 Å². The van der Waals surface area contributed by atoms with Crippen molar-refractivity contribution in [2.75, 3.05) is 39.9 Å². The van der Waals surface area contributed by atoms with Crippen molar-refractivity contribution in [1.82, 2.24) is 9.80 Å². The third-order valence-electron chi connectivity index (χ3n) is 2.75. The van der Waals surface area contributed by atoms with Crippen LogP contribution in [0.5, 0.6) is 0 Å². The molecule has 6 heteroatoms. The maximum atomic E-state index is 11.9. The molecule has 6 nitrogen and oxygen atoms in total. The zero-order chi connectivity index (χ0) is 14.5. The lowest BCUT2D eigenvalue weighted by Gasteiger charge is -2.35. The molecule has 0 unspecified atom stereocenters. The first-order chi connectivity index (χ1) is 8.83. The van der Waals surface area contributed by atoms with Gasteiger partial charge in [0.05, 0.1) is 0 Å². The van der Waals surface area contributed by atoms with Crippen LogP contribution in [0.25, 0.3) is 0 Å². The number of hydrogen-bond donors (Lipinski definition) is 0. The maximum absolute atomic E-state index is 11.9. The lowest BCUT2D eigenvalue weighted by molar-refractivity contribution is -0.136. The van der Waals surface area contributed by atoms with Gasteiger partial charge in [0.25, 0.3) is 0 Å². The third-order valence-corrected chi connectivity index (χ3v) is 2.75. The quantitative estimate of drug-likeness (QED) is 0.719. The average molecular weight is 272 g/mol. The van der Waals surface area contributed by atoms with Crippen LogP contribution in [0.4, 0.5) is 4.79 Å². The van der Waals surface area contributed by atoms with Crippen molar-refractivity contribution in [2.45, 2.75) is 32.8 Å². The molecule has 1 heterocycles. The van der Waals surface area contributed by atoms with Gasteiger partial charge in [-0.15, -0.1) is 0 Å². The second-order valence-corrected chi connectivity index (χ2v) is 5.63. The summed E-state index contributed by atoms with van der Waals surface area (Å²) in [5, 5.41) is 0. The van der Waals surface area contributed by atoms with E-state index < -0.39 is 11.7 Å². The van der Waals surface area contributed by atoms with Gasteiger partial charge in [-0.1, -0.05) is 0 Å². The molecule has 0 saturated carbocycles. The first kappa shape index (κ1) is 15.8. The molecule has 0 radical (unpaired) electrons. The summed E-state index contributed by atoms with van der Waals surface area (Å²) >= 11 is 0. The van der Waals surface area contributed by atoms with E-state index in [9.17, 15) is 9.59 Å². The van der Waals surface area contributed by atoms with E-state index in [4.69, 9.17) is 9.47 Å². The Morgan fingerprint density at radius 1 is 1.32 bits per heavy atom. The first-order valence-corrected chi connectivity index (χ1v) is 6.58. The predicted octanol–water partition coefficient (Wildman–Crippen LogP) is 1.10. The minimum Gasteiger partial charge on any atom is -0.444 e. The smallest absolute Gasteiger partial charge is 0.410 e. The summed E-state index contributed by atoms with van der Waals surface area (Å²) in [6.07, 6.45) is 0.395. The van der Waals surface area contributed by atoms with Crippen molar-refractivity contribution in [1.29, 1.82) is 0 Å². The van der Waals surface area contributed by atoms with Crippen LogP contribution in [-0.4, -0.2) is 67.3 Å². The van der Waals surface area contributed by atoms with Crippen LogP contribution in [0.2, 0.25) is 0 Å². The SMILES string of the molecule is COCCCN1CCN(C(=O)OC(C)(C)C)CC1=O. The van der Waals surface area contributed by atoms with Gasteiger partial charge in [-0.25, -0.2) is 4.79 Å². The summed E-state index contributed by atoms with van der Waals surface area (Å²) < 4.78 is 10.2. The Morgan fingerprint density at radius 2 is 2.00 bits per heavy atom. The fraction of sp³-hybridized carbons (Fsp3) is 0.846. The standard InChI is InChI=1S/C13H24N2O4/c1-13(2,3)19-12(17)15-8-7-14(11(16)10-15)6-5-9-18-4/h5-10H2,1-4H3. The van der Waals surface area contributed by atoms with Gasteiger partial charge in [0.1, 0.15) is 12.1 Å². The molecule has 1 rings (SSSR count). The van der Waals surface area contributed by atoms with Crippen molar-refractivity contribution >= 4 is 12.0 Å². The average Bonchev–Trinajstić information content (AvgIpc) is 2.29. The van der Waals surface area contributed by atoms with E-state index in [-0.39, 0.29) is 12.5 Å². The zero-order valence-corrected chi connectivity index (χ0v) is 12.3. The second kappa shape index (κ2) is 6.75. The molecular formula is C13H24N2O4. The molecule has 110 valence electrons. The summed E-state index contributed by atoms with van der Waals surface area (Å²) in [6.45, 7) is 7.93. The van der Waals surface area contributed by atoms with Gasteiger partial charge in [0.15, 0.2) is 0 Å². The molecule has 1 fully saturated rings. The van der Waals surface area contributed by atoms with E-state index in [1.807, 2.05) is 20.8 Å². The molecule has 0 aromatic heterocycles. The Labute approximate surface area is 114 Å². The summed E-state index contributed by atoms with van der Waals surface area (Å²) in [5.41, 5.74) is -0.532. The van der Waals surface area contributed by atoms with Crippen molar-refractivity contribution in [3.05, 3.63) is 0 Å². The van der Waals surface area contributed by atoms with Gasteiger partial charge in [-0.3, -0.25) is 9.69 Å². The van der Waals surface area contributed by atoms with Crippen LogP contribution in [0.3, 0.4) is 0 Å². The normalized spacial score (nSPS) is 16.7. The lowest BCUT2D eigenvalue weighted by atomic mass is 10.2. The number of amides is 2. The molecule has 0 aromatic carbocycles. The number of ether oxygens (including phenoxy) is 2. The molecule has 19 heavy (non-hydrogen) atoms.